The van der Waals surface area contributed by atoms with Crippen molar-refractivity contribution < 1.29 is 9.90 Å². The second-order valence-corrected chi connectivity index (χ2v) is 3.91. The number of aryl methyl sites for hydroxylation is 1. The highest BCUT2D eigenvalue weighted by Crippen LogP contribution is 2.19. The monoisotopic (exact) mass is 215 g/mol. The highest BCUT2D eigenvalue weighted by Gasteiger charge is 2.22. The number of allylic oxidation sites excluding steroid dienone is 1. The van der Waals surface area contributed by atoms with E-state index < -0.39 is 0 Å². The van der Waals surface area contributed by atoms with E-state index in [1.165, 1.54) is 6.92 Å². The first-order valence-corrected chi connectivity index (χ1v) is 5.14. The summed E-state index contributed by atoms with van der Waals surface area (Å²) in [5.41, 5.74) is 2.91. The Bertz CT molecular complexity index is 495. The standard InChI is InChI=1S/C13H13NO2/c1-8-3-5-10(6-4-8)12-13(16)11(7-14-12)9(2)15/h3-6,16H,7H2,1-2H3. The Kier molecular flexibility index (Phi) is 2.60. The quantitative estimate of drug-likeness (QED) is 0.822. The lowest BCUT2D eigenvalue weighted by atomic mass is 10.0. The third-order valence-corrected chi connectivity index (χ3v) is 2.66. The summed E-state index contributed by atoms with van der Waals surface area (Å²) in [6, 6.07) is 7.70. The molecule has 0 bridgehead atoms. The van der Waals surface area contributed by atoms with E-state index in [1.54, 1.807) is 0 Å². The minimum atomic E-state index is -0.122. The summed E-state index contributed by atoms with van der Waals surface area (Å²) in [6.07, 6.45) is 0. The lowest BCUT2D eigenvalue weighted by molar-refractivity contribution is -0.113. The fraction of sp³-hybridized carbons (Fsp3) is 0.231. The molecule has 1 aromatic rings. The maximum atomic E-state index is 11.2. The third-order valence-electron chi connectivity index (χ3n) is 2.66. The molecule has 0 fully saturated rings. The van der Waals surface area contributed by atoms with Gasteiger partial charge in [0, 0.05) is 5.56 Å². The smallest absolute Gasteiger partial charge is 0.161 e. The van der Waals surface area contributed by atoms with Crippen LogP contribution in [0.3, 0.4) is 0 Å². The first-order chi connectivity index (χ1) is 7.59. The van der Waals surface area contributed by atoms with Crippen molar-refractivity contribution in [3.8, 4) is 0 Å². The summed E-state index contributed by atoms with van der Waals surface area (Å²) in [6.45, 7) is 3.72. The topological polar surface area (TPSA) is 49.7 Å². The highest BCUT2D eigenvalue weighted by atomic mass is 16.3. The van der Waals surface area contributed by atoms with Crippen molar-refractivity contribution in [1.29, 1.82) is 0 Å². The Balaban J connectivity index is 2.38. The molecule has 0 aliphatic carbocycles. The van der Waals surface area contributed by atoms with E-state index in [0.717, 1.165) is 11.1 Å². The molecule has 0 radical (unpaired) electrons. The van der Waals surface area contributed by atoms with E-state index in [0.29, 0.717) is 11.3 Å². The van der Waals surface area contributed by atoms with Crippen LogP contribution in [0.1, 0.15) is 18.1 Å². The Morgan fingerprint density at radius 3 is 2.44 bits per heavy atom. The zero-order valence-corrected chi connectivity index (χ0v) is 9.32. The van der Waals surface area contributed by atoms with Gasteiger partial charge in [0.15, 0.2) is 5.78 Å². The largest absolute Gasteiger partial charge is 0.505 e. The second-order valence-electron chi connectivity index (χ2n) is 3.91. The van der Waals surface area contributed by atoms with Crippen molar-refractivity contribution in [1.82, 2.24) is 0 Å². The Labute approximate surface area is 94.1 Å². The van der Waals surface area contributed by atoms with E-state index in [1.807, 2.05) is 31.2 Å². The maximum absolute atomic E-state index is 11.2. The number of nitrogens with zero attached hydrogens (tertiary/aromatic N) is 1. The Hall–Kier alpha value is -1.90. The van der Waals surface area contributed by atoms with Gasteiger partial charge in [0.2, 0.25) is 0 Å². The Morgan fingerprint density at radius 2 is 1.94 bits per heavy atom. The van der Waals surface area contributed by atoms with Crippen LogP contribution < -0.4 is 0 Å². The first kappa shape index (κ1) is 10.6. The molecule has 0 saturated carbocycles. The minimum Gasteiger partial charge on any atom is -0.505 e. The van der Waals surface area contributed by atoms with Crippen LogP contribution in [0.25, 0.3) is 0 Å². The molecule has 0 amide bonds. The molecule has 16 heavy (non-hydrogen) atoms. The molecule has 82 valence electrons. The van der Waals surface area contributed by atoms with Crippen LogP contribution in [0.4, 0.5) is 0 Å². The fourth-order valence-corrected chi connectivity index (χ4v) is 1.67. The average molecular weight is 215 g/mol. The summed E-state index contributed by atoms with van der Waals surface area (Å²) >= 11 is 0. The summed E-state index contributed by atoms with van der Waals surface area (Å²) in [5, 5.41) is 9.87. The predicted molar refractivity (Wildman–Crippen MR) is 62.9 cm³/mol. The molecule has 2 rings (SSSR count). The summed E-state index contributed by atoms with van der Waals surface area (Å²) in [5.74, 6) is -0.0975. The zero-order valence-electron chi connectivity index (χ0n) is 9.32. The number of benzene rings is 1. The van der Waals surface area contributed by atoms with Gasteiger partial charge in [-0.15, -0.1) is 0 Å². The maximum Gasteiger partial charge on any atom is 0.161 e. The lowest BCUT2D eigenvalue weighted by Gasteiger charge is -2.02. The van der Waals surface area contributed by atoms with Crippen LogP contribution >= 0.6 is 0 Å². The molecule has 0 atom stereocenters. The molecule has 0 unspecified atom stereocenters. The predicted octanol–water partition coefficient (Wildman–Crippen LogP) is 2.20. The lowest BCUT2D eigenvalue weighted by Crippen LogP contribution is -2.05. The van der Waals surface area contributed by atoms with Crippen molar-refractivity contribution in [3.63, 3.8) is 0 Å². The summed E-state index contributed by atoms with van der Waals surface area (Å²) < 4.78 is 0. The number of aliphatic hydroxyl groups is 1. The molecule has 3 heteroatoms. The van der Waals surface area contributed by atoms with E-state index in [4.69, 9.17) is 0 Å². The van der Waals surface area contributed by atoms with Gasteiger partial charge in [-0.3, -0.25) is 9.79 Å². The van der Waals surface area contributed by atoms with Crippen LogP contribution in [0.15, 0.2) is 40.6 Å². The molecule has 3 nitrogen and oxygen atoms in total. The van der Waals surface area contributed by atoms with Crippen LogP contribution in [0.2, 0.25) is 0 Å². The number of Topliss-reactive ketones (excluding diaryl/α,β-unsaturated/α-hetero) is 1. The molecule has 1 aliphatic rings. The number of carbonyl (C=O) groups is 1. The van der Waals surface area contributed by atoms with E-state index in [2.05, 4.69) is 4.99 Å². The number of ketones is 1. The van der Waals surface area contributed by atoms with Crippen LogP contribution in [-0.4, -0.2) is 23.1 Å². The summed E-state index contributed by atoms with van der Waals surface area (Å²) in [7, 11) is 0. The van der Waals surface area contributed by atoms with Gasteiger partial charge in [0.05, 0.1) is 12.1 Å². The van der Waals surface area contributed by atoms with Gasteiger partial charge in [-0.25, -0.2) is 0 Å². The van der Waals surface area contributed by atoms with Crippen molar-refractivity contribution in [2.24, 2.45) is 4.99 Å². The van der Waals surface area contributed by atoms with E-state index in [-0.39, 0.29) is 18.1 Å². The van der Waals surface area contributed by atoms with Crippen molar-refractivity contribution in [3.05, 3.63) is 46.7 Å². The molecule has 0 aromatic heterocycles. The highest BCUT2D eigenvalue weighted by molar-refractivity contribution is 6.17. The van der Waals surface area contributed by atoms with Gasteiger partial charge < -0.3 is 5.11 Å². The van der Waals surface area contributed by atoms with Gasteiger partial charge >= 0.3 is 0 Å². The zero-order chi connectivity index (χ0) is 11.7. The average Bonchev–Trinajstić information content (AvgIpc) is 2.61. The number of hydrogen-bond acceptors (Lipinski definition) is 3. The molecule has 1 N–H and O–H groups in total. The fourth-order valence-electron chi connectivity index (χ4n) is 1.67. The third kappa shape index (κ3) is 1.76. The minimum absolute atomic E-state index is 0.0244. The number of aliphatic imine (C=N–C) groups is 1. The SMILES string of the molecule is CC(=O)C1=C(O)C(c2ccc(C)cc2)=NC1. The van der Waals surface area contributed by atoms with Crippen molar-refractivity contribution in [2.45, 2.75) is 13.8 Å². The number of carbonyl (C=O) groups excluding carboxylic acids is 1. The van der Waals surface area contributed by atoms with Crippen molar-refractivity contribution in [2.75, 3.05) is 6.54 Å². The normalized spacial score (nSPS) is 15.2. The van der Waals surface area contributed by atoms with Gasteiger partial charge in [0.1, 0.15) is 11.5 Å². The van der Waals surface area contributed by atoms with Gasteiger partial charge in [-0.05, 0) is 13.8 Å². The van der Waals surface area contributed by atoms with E-state index in [9.17, 15) is 9.90 Å². The molecule has 0 saturated heterocycles. The summed E-state index contributed by atoms with van der Waals surface area (Å²) in [4.78, 5) is 15.4. The first-order valence-electron chi connectivity index (χ1n) is 5.14. The number of aliphatic hydroxyl groups excluding tert-OH is 1. The second kappa shape index (κ2) is 3.93. The van der Waals surface area contributed by atoms with Gasteiger partial charge in [0.25, 0.3) is 0 Å². The molecule has 0 spiro atoms. The Morgan fingerprint density at radius 1 is 1.31 bits per heavy atom. The van der Waals surface area contributed by atoms with E-state index >= 15 is 0 Å². The van der Waals surface area contributed by atoms with Crippen LogP contribution in [0, 0.1) is 6.92 Å². The molecular weight excluding hydrogens is 202 g/mol. The molecule has 1 heterocycles. The van der Waals surface area contributed by atoms with Crippen LogP contribution in [0.5, 0.6) is 0 Å². The van der Waals surface area contributed by atoms with Gasteiger partial charge in [-0.2, -0.15) is 0 Å². The number of rotatable bonds is 2. The van der Waals surface area contributed by atoms with Gasteiger partial charge in [-0.1, -0.05) is 29.8 Å². The molecule has 1 aliphatic heterocycles. The molecule has 1 aromatic carbocycles. The molecular formula is C13H13NO2. The van der Waals surface area contributed by atoms with Crippen LogP contribution in [-0.2, 0) is 4.79 Å². The van der Waals surface area contributed by atoms with Crippen molar-refractivity contribution >= 4 is 11.5 Å². The number of hydrogen-bond donors (Lipinski definition) is 1.